The molecule has 2 amide bonds. The molecule has 0 aliphatic carbocycles. The molecule has 1 aliphatic rings. The van der Waals surface area contributed by atoms with Gasteiger partial charge < -0.3 is 4.52 Å². The number of fused-ring (bicyclic) bond motifs is 1. The topological polar surface area (TPSA) is 63.4 Å². The van der Waals surface area contributed by atoms with Gasteiger partial charge in [-0.1, -0.05) is 17.3 Å². The minimum Gasteiger partial charge on any atom is -0.364 e. The molecule has 0 unspecified atom stereocenters. The van der Waals surface area contributed by atoms with Crippen molar-refractivity contribution in [2.45, 2.75) is 12.8 Å². The fourth-order valence-corrected chi connectivity index (χ4v) is 2.23. The van der Waals surface area contributed by atoms with Gasteiger partial charge in [-0.3, -0.25) is 14.5 Å². The van der Waals surface area contributed by atoms with Crippen LogP contribution in [0.4, 0.5) is 0 Å². The summed E-state index contributed by atoms with van der Waals surface area (Å²) >= 11 is 0. The lowest BCUT2D eigenvalue weighted by Crippen LogP contribution is -2.30. The Bertz CT molecular complexity index is 584. The quantitative estimate of drug-likeness (QED) is 0.784. The number of imide groups is 1. The van der Waals surface area contributed by atoms with E-state index in [1.54, 1.807) is 36.7 Å². The molecule has 0 fully saturated rings. The van der Waals surface area contributed by atoms with Crippen molar-refractivity contribution in [3.8, 4) is 0 Å². The number of amides is 2. The highest BCUT2D eigenvalue weighted by Crippen LogP contribution is 2.22. The second-order valence-corrected chi connectivity index (χ2v) is 4.44. The van der Waals surface area contributed by atoms with Crippen LogP contribution < -0.4 is 0 Å². The van der Waals surface area contributed by atoms with Gasteiger partial charge in [0.1, 0.15) is 6.26 Å². The van der Waals surface area contributed by atoms with E-state index in [4.69, 9.17) is 4.52 Å². The minimum atomic E-state index is -0.203. The number of aromatic nitrogens is 1. The van der Waals surface area contributed by atoms with E-state index in [0.29, 0.717) is 24.1 Å². The van der Waals surface area contributed by atoms with E-state index in [1.807, 2.05) is 0 Å². The van der Waals surface area contributed by atoms with Gasteiger partial charge in [0, 0.05) is 12.1 Å². The molecule has 1 aromatic carbocycles. The first kappa shape index (κ1) is 11.6. The Kier molecular flexibility index (Phi) is 2.87. The molecule has 1 aliphatic heterocycles. The van der Waals surface area contributed by atoms with E-state index in [0.717, 1.165) is 12.0 Å². The second-order valence-electron chi connectivity index (χ2n) is 4.44. The molecule has 0 atom stereocenters. The summed E-state index contributed by atoms with van der Waals surface area (Å²) in [6.07, 6.45) is 4.65. The summed E-state index contributed by atoms with van der Waals surface area (Å²) in [6, 6.07) is 6.92. The summed E-state index contributed by atoms with van der Waals surface area (Å²) in [6.45, 7) is 0.414. The SMILES string of the molecule is O=C1c2ccccc2C(=O)N1CCCc1cnoc1. The summed E-state index contributed by atoms with van der Waals surface area (Å²) in [5.41, 5.74) is 1.96. The van der Waals surface area contributed by atoms with Crippen LogP contribution >= 0.6 is 0 Å². The molecule has 2 aromatic rings. The maximum atomic E-state index is 12.1. The van der Waals surface area contributed by atoms with Crippen LogP contribution in [0.2, 0.25) is 0 Å². The van der Waals surface area contributed by atoms with Gasteiger partial charge in [-0.2, -0.15) is 0 Å². The van der Waals surface area contributed by atoms with Crippen LogP contribution in [0.1, 0.15) is 32.7 Å². The molecule has 0 saturated heterocycles. The molecule has 96 valence electrons. The van der Waals surface area contributed by atoms with E-state index in [1.165, 1.54) is 4.90 Å². The van der Waals surface area contributed by atoms with Gasteiger partial charge in [-0.25, -0.2) is 0 Å². The zero-order valence-corrected chi connectivity index (χ0v) is 10.2. The van der Waals surface area contributed by atoms with E-state index < -0.39 is 0 Å². The highest BCUT2D eigenvalue weighted by Gasteiger charge is 2.34. The Hall–Kier alpha value is -2.43. The predicted octanol–water partition coefficient (Wildman–Crippen LogP) is 1.90. The molecule has 0 bridgehead atoms. The van der Waals surface area contributed by atoms with Gasteiger partial charge in [0.25, 0.3) is 11.8 Å². The van der Waals surface area contributed by atoms with Crippen molar-refractivity contribution in [1.29, 1.82) is 0 Å². The number of aryl methyl sites for hydroxylation is 1. The Morgan fingerprint density at radius 1 is 1.11 bits per heavy atom. The number of hydrogen-bond acceptors (Lipinski definition) is 4. The Morgan fingerprint density at radius 3 is 2.37 bits per heavy atom. The third-order valence-electron chi connectivity index (χ3n) is 3.21. The summed E-state index contributed by atoms with van der Waals surface area (Å²) in [5.74, 6) is -0.406. The van der Waals surface area contributed by atoms with Crippen molar-refractivity contribution in [3.05, 3.63) is 53.4 Å². The molecule has 2 heterocycles. The van der Waals surface area contributed by atoms with Crippen LogP contribution in [0.3, 0.4) is 0 Å². The Balaban J connectivity index is 1.67. The van der Waals surface area contributed by atoms with Gasteiger partial charge in [0.15, 0.2) is 0 Å². The molecule has 0 N–H and O–H groups in total. The van der Waals surface area contributed by atoms with E-state index in [2.05, 4.69) is 5.16 Å². The number of rotatable bonds is 4. The highest BCUT2D eigenvalue weighted by molar-refractivity contribution is 6.21. The molecule has 3 rings (SSSR count). The third-order valence-corrected chi connectivity index (χ3v) is 3.21. The van der Waals surface area contributed by atoms with Gasteiger partial charge in [0.2, 0.25) is 0 Å². The second kappa shape index (κ2) is 4.68. The lowest BCUT2D eigenvalue weighted by atomic mass is 10.1. The van der Waals surface area contributed by atoms with Gasteiger partial charge >= 0.3 is 0 Å². The largest absolute Gasteiger partial charge is 0.364 e. The van der Waals surface area contributed by atoms with E-state index in [-0.39, 0.29) is 11.8 Å². The summed E-state index contributed by atoms with van der Waals surface area (Å²) in [7, 11) is 0. The lowest BCUT2D eigenvalue weighted by Gasteiger charge is -2.12. The first-order valence-corrected chi connectivity index (χ1v) is 6.11. The zero-order valence-electron chi connectivity index (χ0n) is 10.2. The maximum absolute atomic E-state index is 12.1. The first-order chi connectivity index (χ1) is 9.27. The molecule has 0 radical (unpaired) electrons. The molecular weight excluding hydrogens is 244 g/mol. The van der Waals surface area contributed by atoms with Crippen molar-refractivity contribution >= 4 is 11.8 Å². The van der Waals surface area contributed by atoms with Crippen LogP contribution in [-0.4, -0.2) is 28.4 Å². The van der Waals surface area contributed by atoms with Crippen LogP contribution in [0.25, 0.3) is 0 Å². The maximum Gasteiger partial charge on any atom is 0.261 e. The Labute approximate surface area is 109 Å². The van der Waals surface area contributed by atoms with Crippen LogP contribution in [-0.2, 0) is 6.42 Å². The van der Waals surface area contributed by atoms with Gasteiger partial charge in [-0.15, -0.1) is 0 Å². The summed E-state index contributed by atoms with van der Waals surface area (Å²) < 4.78 is 4.73. The number of hydrogen-bond donors (Lipinski definition) is 0. The van der Waals surface area contributed by atoms with Gasteiger partial charge in [-0.05, 0) is 25.0 Å². The molecule has 5 nitrogen and oxygen atoms in total. The van der Waals surface area contributed by atoms with Crippen LogP contribution in [0.15, 0.2) is 41.2 Å². The van der Waals surface area contributed by atoms with E-state index in [9.17, 15) is 9.59 Å². The summed E-state index contributed by atoms with van der Waals surface area (Å²) in [4.78, 5) is 25.5. The molecule has 0 saturated carbocycles. The average Bonchev–Trinajstić information content (AvgIpc) is 3.02. The fourth-order valence-electron chi connectivity index (χ4n) is 2.23. The van der Waals surface area contributed by atoms with Crippen molar-refractivity contribution in [2.75, 3.05) is 6.54 Å². The van der Waals surface area contributed by atoms with E-state index >= 15 is 0 Å². The predicted molar refractivity (Wildman–Crippen MR) is 66.6 cm³/mol. The third kappa shape index (κ3) is 2.03. The monoisotopic (exact) mass is 256 g/mol. The molecule has 0 spiro atoms. The normalized spacial score (nSPS) is 14.0. The molecular formula is C14H12N2O3. The number of nitrogens with zero attached hydrogens (tertiary/aromatic N) is 2. The van der Waals surface area contributed by atoms with Crippen LogP contribution in [0.5, 0.6) is 0 Å². The highest BCUT2D eigenvalue weighted by atomic mass is 16.5. The van der Waals surface area contributed by atoms with Crippen LogP contribution in [0, 0.1) is 0 Å². The van der Waals surface area contributed by atoms with Crippen molar-refractivity contribution in [2.24, 2.45) is 0 Å². The average molecular weight is 256 g/mol. The molecule has 5 heteroatoms. The zero-order chi connectivity index (χ0) is 13.2. The molecule has 1 aromatic heterocycles. The summed E-state index contributed by atoms with van der Waals surface area (Å²) in [5, 5.41) is 3.61. The lowest BCUT2D eigenvalue weighted by molar-refractivity contribution is 0.0652. The number of carbonyl (C=O) groups is 2. The first-order valence-electron chi connectivity index (χ1n) is 6.11. The number of benzene rings is 1. The number of carbonyl (C=O) groups excluding carboxylic acids is 2. The van der Waals surface area contributed by atoms with Crippen molar-refractivity contribution in [1.82, 2.24) is 10.1 Å². The van der Waals surface area contributed by atoms with Gasteiger partial charge in [0.05, 0.1) is 17.3 Å². The van der Waals surface area contributed by atoms with Crippen molar-refractivity contribution in [3.63, 3.8) is 0 Å². The minimum absolute atomic E-state index is 0.203. The smallest absolute Gasteiger partial charge is 0.261 e. The molecule has 19 heavy (non-hydrogen) atoms. The Morgan fingerprint density at radius 2 is 1.79 bits per heavy atom. The standard InChI is InChI=1S/C14H12N2O3/c17-13-11-5-1-2-6-12(11)14(18)16(13)7-3-4-10-8-15-19-9-10/h1-2,5-6,8-9H,3-4,7H2. The van der Waals surface area contributed by atoms with Crippen molar-refractivity contribution < 1.29 is 14.1 Å². The fraction of sp³-hybridized carbons (Fsp3) is 0.214.